The highest BCUT2D eigenvalue weighted by atomic mass is 35.5. The molecule has 0 radical (unpaired) electrons. The number of nitrogens with one attached hydrogen (secondary N) is 2. The zero-order valence-electron chi connectivity index (χ0n) is 14.8. The molecular formula is C20H14Cl3N3O2S. The zero-order chi connectivity index (χ0) is 20.5. The maximum Gasteiger partial charge on any atom is 0.257 e. The number of rotatable bonds is 4. The van der Waals surface area contributed by atoms with Crippen molar-refractivity contribution >= 4 is 68.8 Å². The SMILES string of the molecule is O=C(Nc1nc2c(s1)CCC2C(=O)Nc1ccc(Cl)c(Cl)c1)c1ccc(Cl)cc1. The number of benzene rings is 2. The molecule has 1 unspecified atom stereocenters. The van der Waals surface area contributed by atoms with Gasteiger partial charge in [0.15, 0.2) is 5.13 Å². The zero-order valence-corrected chi connectivity index (χ0v) is 17.9. The molecular weight excluding hydrogens is 453 g/mol. The van der Waals surface area contributed by atoms with E-state index in [2.05, 4.69) is 15.6 Å². The summed E-state index contributed by atoms with van der Waals surface area (Å²) in [7, 11) is 0. The molecule has 1 aromatic heterocycles. The van der Waals surface area contributed by atoms with Gasteiger partial charge in [0.05, 0.1) is 21.7 Å². The van der Waals surface area contributed by atoms with Gasteiger partial charge in [0.1, 0.15) is 0 Å². The van der Waals surface area contributed by atoms with Crippen molar-refractivity contribution in [3.8, 4) is 0 Å². The van der Waals surface area contributed by atoms with Crippen molar-refractivity contribution < 1.29 is 9.59 Å². The van der Waals surface area contributed by atoms with Crippen molar-refractivity contribution in [2.75, 3.05) is 10.6 Å². The van der Waals surface area contributed by atoms with Gasteiger partial charge in [0.25, 0.3) is 5.91 Å². The van der Waals surface area contributed by atoms with Crippen LogP contribution in [0.1, 0.15) is 33.3 Å². The van der Waals surface area contributed by atoms with E-state index in [0.717, 1.165) is 11.3 Å². The van der Waals surface area contributed by atoms with E-state index in [4.69, 9.17) is 34.8 Å². The number of nitrogens with zero attached hydrogens (tertiary/aromatic N) is 1. The molecule has 0 saturated carbocycles. The van der Waals surface area contributed by atoms with Crippen molar-refractivity contribution in [1.82, 2.24) is 4.98 Å². The van der Waals surface area contributed by atoms with Crippen molar-refractivity contribution in [3.05, 3.63) is 73.7 Å². The largest absolute Gasteiger partial charge is 0.325 e. The van der Waals surface area contributed by atoms with Gasteiger partial charge in [-0.25, -0.2) is 4.98 Å². The van der Waals surface area contributed by atoms with Gasteiger partial charge in [-0.2, -0.15) is 0 Å². The number of halogens is 3. The molecule has 5 nitrogen and oxygen atoms in total. The highest BCUT2D eigenvalue weighted by molar-refractivity contribution is 7.16. The number of aryl methyl sites for hydroxylation is 1. The average molecular weight is 467 g/mol. The van der Waals surface area contributed by atoms with Gasteiger partial charge >= 0.3 is 0 Å². The molecule has 0 aliphatic heterocycles. The quantitative estimate of drug-likeness (QED) is 0.493. The Kier molecular flexibility index (Phi) is 5.79. The van der Waals surface area contributed by atoms with Gasteiger partial charge in [-0.3, -0.25) is 14.9 Å². The molecule has 148 valence electrons. The molecule has 2 aromatic carbocycles. The van der Waals surface area contributed by atoms with Gasteiger partial charge in [-0.1, -0.05) is 34.8 Å². The summed E-state index contributed by atoms with van der Waals surface area (Å²) in [5.74, 6) is -0.814. The summed E-state index contributed by atoms with van der Waals surface area (Å²) in [6.07, 6.45) is 1.41. The van der Waals surface area contributed by atoms with Crippen molar-refractivity contribution in [3.63, 3.8) is 0 Å². The Morgan fingerprint density at radius 3 is 2.48 bits per heavy atom. The van der Waals surface area contributed by atoms with Crippen LogP contribution < -0.4 is 10.6 Å². The number of aromatic nitrogens is 1. The van der Waals surface area contributed by atoms with E-state index in [1.165, 1.54) is 11.3 Å². The summed E-state index contributed by atoms with van der Waals surface area (Å²) in [5, 5.41) is 7.48. The molecule has 0 fully saturated rings. The first kappa shape index (κ1) is 20.2. The Hall–Kier alpha value is -2.12. The summed E-state index contributed by atoms with van der Waals surface area (Å²) < 4.78 is 0. The highest BCUT2D eigenvalue weighted by Crippen LogP contribution is 2.39. The molecule has 1 aliphatic rings. The predicted molar refractivity (Wildman–Crippen MR) is 118 cm³/mol. The first-order valence-electron chi connectivity index (χ1n) is 8.73. The fraction of sp³-hybridized carbons (Fsp3) is 0.150. The van der Waals surface area contributed by atoms with Crippen LogP contribution in [0.15, 0.2) is 42.5 Å². The third-order valence-electron chi connectivity index (χ3n) is 4.55. The molecule has 4 rings (SSSR count). The van der Waals surface area contributed by atoms with Gasteiger partial charge < -0.3 is 5.32 Å². The molecule has 3 aromatic rings. The Labute approximate surface area is 186 Å². The van der Waals surface area contributed by atoms with Crippen LogP contribution in [-0.4, -0.2) is 16.8 Å². The van der Waals surface area contributed by atoms with Crippen LogP contribution in [0.3, 0.4) is 0 Å². The highest BCUT2D eigenvalue weighted by Gasteiger charge is 2.33. The second kappa shape index (κ2) is 8.32. The normalized spacial score (nSPS) is 15.1. The number of thiazole rings is 1. The fourth-order valence-electron chi connectivity index (χ4n) is 3.11. The van der Waals surface area contributed by atoms with Crippen LogP contribution in [-0.2, 0) is 11.2 Å². The third-order valence-corrected chi connectivity index (χ3v) is 6.59. The summed E-state index contributed by atoms with van der Waals surface area (Å²) in [6, 6.07) is 11.5. The molecule has 0 saturated heterocycles. The lowest BCUT2D eigenvalue weighted by molar-refractivity contribution is -0.117. The fourth-order valence-corrected chi connectivity index (χ4v) is 4.57. The Balaban J connectivity index is 1.46. The molecule has 2 N–H and O–H groups in total. The summed E-state index contributed by atoms with van der Waals surface area (Å²) >= 11 is 19.2. The Bertz CT molecular complexity index is 1100. The molecule has 1 aliphatic carbocycles. The van der Waals surface area contributed by atoms with Crippen molar-refractivity contribution in [2.24, 2.45) is 0 Å². The number of hydrogen-bond acceptors (Lipinski definition) is 4. The number of carbonyl (C=O) groups excluding carboxylic acids is 2. The Morgan fingerprint density at radius 1 is 1.00 bits per heavy atom. The monoisotopic (exact) mass is 465 g/mol. The van der Waals surface area contributed by atoms with E-state index in [9.17, 15) is 9.59 Å². The van der Waals surface area contributed by atoms with Gasteiger partial charge in [0.2, 0.25) is 5.91 Å². The van der Waals surface area contributed by atoms with Crippen LogP contribution in [0.5, 0.6) is 0 Å². The minimum absolute atomic E-state index is 0.164. The minimum atomic E-state index is -0.378. The van der Waals surface area contributed by atoms with E-state index < -0.39 is 0 Å². The smallest absolute Gasteiger partial charge is 0.257 e. The van der Waals surface area contributed by atoms with Crippen LogP contribution in [0.2, 0.25) is 15.1 Å². The lowest BCUT2D eigenvalue weighted by Crippen LogP contribution is -2.20. The lowest BCUT2D eigenvalue weighted by Gasteiger charge is -2.11. The van der Waals surface area contributed by atoms with Crippen LogP contribution in [0.4, 0.5) is 10.8 Å². The maximum absolute atomic E-state index is 12.7. The van der Waals surface area contributed by atoms with Crippen molar-refractivity contribution in [1.29, 1.82) is 0 Å². The molecule has 9 heteroatoms. The number of anilines is 2. The van der Waals surface area contributed by atoms with Crippen molar-refractivity contribution in [2.45, 2.75) is 18.8 Å². The summed E-state index contributed by atoms with van der Waals surface area (Å²) in [6.45, 7) is 0. The second-order valence-corrected chi connectivity index (χ2v) is 8.83. The minimum Gasteiger partial charge on any atom is -0.325 e. The molecule has 0 bridgehead atoms. The standard InChI is InChI=1S/C20H14Cl3N3O2S/c21-11-3-1-10(2-4-11)18(27)26-20-25-17-13(6-8-16(17)29-20)19(28)24-12-5-7-14(22)15(23)9-12/h1-5,7,9,13H,6,8H2,(H,24,28)(H,25,26,27). The first-order chi connectivity index (χ1) is 13.9. The molecule has 29 heavy (non-hydrogen) atoms. The maximum atomic E-state index is 12.7. The summed E-state index contributed by atoms with van der Waals surface area (Å²) in [5.41, 5.74) is 1.77. The van der Waals surface area contributed by atoms with Gasteiger partial charge in [-0.15, -0.1) is 11.3 Å². The van der Waals surface area contributed by atoms with Crippen LogP contribution in [0, 0.1) is 0 Å². The lowest BCUT2D eigenvalue weighted by atomic mass is 10.1. The van der Waals surface area contributed by atoms with E-state index in [1.54, 1.807) is 42.5 Å². The summed E-state index contributed by atoms with van der Waals surface area (Å²) in [4.78, 5) is 30.6. The van der Waals surface area contributed by atoms with Gasteiger partial charge in [0, 0.05) is 21.2 Å². The number of amides is 2. The number of hydrogen-bond donors (Lipinski definition) is 2. The van der Waals surface area contributed by atoms with E-state index in [1.807, 2.05) is 0 Å². The van der Waals surface area contributed by atoms with Crippen LogP contribution in [0.25, 0.3) is 0 Å². The first-order valence-corrected chi connectivity index (χ1v) is 10.7. The third kappa shape index (κ3) is 4.41. The second-order valence-electron chi connectivity index (χ2n) is 6.50. The molecule has 0 spiro atoms. The van der Waals surface area contributed by atoms with Crippen LogP contribution >= 0.6 is 46.1 Å². The topological polar surface area (TPSA) is 71.1 Å². The average Bonchev–Trinajstić information content (AvgIpc) is 3.25. The molecule has 2 amide bonds. The van der Waals surface area contributed by atoms with Gasteiger partial charge in [-0.05, 0) is 55.3 Å². The van der Waals surface area contributed by atoms with E-state index in [-0.39, 0.29) is 17.7 Å². The predicted octanol–water partition coefficient (Wildman–Crippen LogP) is 6.02. The van der Waals surface area contributed by atoms with E-state index >= 15 is 0 Å². The Morgan fingerprint density at radius 2 is 1.76 bits per heavy atom. The molecule has 1 heterocycles. The molecule has 1 atom stereocenters. The number of carbonyl (C=O) groups is 2. The van der Waals surface area contributed by atoms with E-state index in [0.29, 0.717) is 43.6 Å². The number of fused-ring (bicyclic) bond motifs is 1.